The van der Waals surface area contributed by atoms with Crippen molar-refractivity contribution in [3.05, 3.63) is 90.1 Å². The smallest absolute Gasteiger partial charge is 0.490 e. The van der Waals surface area contributed by atoms with Crippen molar-refractivity contribution in [2.75, 3.05) is 11.5 Å². The third-order valence-corrected chi connectivity index (χ3v) is 6.27. The van der Waals surface area contributed by atoms with Crippen molar-refractivity contribution in [3.63, 3.8) is 0 Å². The third kappa shape index (κ3) is 12.5. The highest BCUT2D eigenvalue weighted by molar-refractivity contribution is 5.95. The van der Waals surface area contributed by atoms with E-state index in [0.717, 1.165) is 17.1 Å². The lowest BCUT2D eigenvalue weighted by Gasteiger charge is -2.27. The summed E-state index contributed by atoms with van der Waals surface area (Å²) in [5, 5.41) is 22.0. The van der Waals surface area contributed by atoms with Gasteiger partial charge in [0.1, 0.15) is 17.4 Å². The van der Waals surface area contributed by atoms with E-state index in [9.17, 15) is 26.3 Å². The molecule has 0 fully saturated rings. The van der Waals surface area contributed by atoms with Crippen LogP contribution < -0.4 is 20.1 Å². The molecule has 0 aliphatic carbocycles. The Morgan fingerprint density at radius 1 is 0.961 bits per heavy atom. The molecule has 276 valence electrons. The van der Waals surface area contributed by atoms with Crippen LogP contribution in [0.4, 0.5) is 42.1 Å². The number of nitrogen functional groups attached to an aromatic ring is 1. The molecule has 1 aromatic heterocycles. The summed E-state index contributed by atoms with van der Waals surface area (Å²) in [5.41, 5.74) is 9.07. The first-order valence-electron chi connectivity index (χ1n) is 14.7. The molecule has 0 unspecified atom stereocenters. The average molecular weight is 730 g/mol. The number of carbonyl (C=O) groups is 2. The van der Waals surface area contributed by atoms with Crippen LogP contribution in [0, 0.1) is 11.2 Å². The Balaban J connectivity index is 0.000000543. The zero-order valence-electron chi connectivity index (χ0n) is 27.5. The molecule has 0 saturated carbocycles. The number of aryl methyl sites for hydroxylation is 1. The Labute approximate surface area is 287 Å². The van der Waals surface area contributed by atoms with Gasteiger partial charge >= 0.3 is 24.3 Å². The number of imidazole rings is 1. The minimum Gasteiger partial charge on any atom is -0.494 e. The van der Waals surface area contributed by atoms with Gasteiger partial charge in [-0.15, -0.1) is 0 Å². The van der Waals surface area contributed by atoms with Crippen LogP contribution in [0.3, 0.4) is 0 Å². The number of nitrogens with one attached hydrogen (secondary N) is 1. The number of hydrogen-bond donors (Lipinski definition) is 4. The lowest BCUT2D eigenvalue weighted by atomic mass is 10.1. The number of alkyl halides is 6. The van der Waals surface area contributed by atoms with E-state index >= 15 is 4.39 Å². The highest BCUT2D eigenvalue weighted by atomic mass is 19.4. The van der Waals surface area contributed by atoms with Crippen LogP contribution in [0.15, 0.2) is 72.9 Å². The molecule has 0 radical (unpaired) electrons. The number of aromatic nitrogens is 2. The molecular weight excluding hydrogens is 695 g/mol. The van der Waals surface area contributed by atoms with Crippen LogP contribution in [0.5, 0.6) is 11.5 Å². The second-order valence-electron chi connectivity index (χ2n) is 10.5. The van der Waals surface area contributed by atoms with Gasteiger partial charge in [-0.3, -0.25) is 5.41 Å². The minimum absolute atomic E-state index is 0.0353. The molecule has 0 atom stereocenters. The number of carboxylic acid groups (broad SMARTS) is 2. The predicted octanol–water partition coefficient (Wildman–Crippen LogP) is 7.30. The SMILES string of the molecule is CCOc1cc(OC(C)C)c(F)c(N(Cc2nc(-c3ccccc3)cn2C)c2ccc(C(=N)N)cc2)c1.O=C(O)C(F)(F)F.O=C(O)C(F)(F)F. The van der Waals surface area contributed by atoms with Gasteiger partial charge in [0.2, 0.25) is 0 Å². The van der Waals surface area contributed by atoms with Gasteiger partial charge in [0.05, 0.1) is 30.6 Å². The fourth-order valence-corrected chi connectivity index (χ4v) is 4.02. The first kappa shape index (κ1) is 41.4. The zero-order valence-corrected chi connectivity index (χ0v) is 27.5. The highest BCUT2D eigenvalue weighted by Crippen LogP contribution is 2.38. The number of hydrogen-bond acceptors (Lipinski definition) is 7. The number of ether oxygens (including phenoxy) is 2. The van der Waals surface area contributed by atoms with Crippen molar-refractivity contribution in [1.82, 2.24) is 9.55 Å². The minimum atomic E-state index is -5.08. The number of aliphatic carboxylic acids is 2. The van der Waals surface area contributed by atoms with Crippen LogP contribution in [0.1, 0.15) is 32.2 Å². The van der Waals surface area contributed by atoms with Gasteiger partial charge in [0, 0.05) is 42.2 Å². The van der Waals surface area contributed by atoms with E-state index in [0.29, 0.717) is 29.3 Å². The molecule has 18 heteroatoms. The second-order valence-corrected chi connectivity index (χ2v) is 10.5. The molecule has 0 saturated heterocycles. The van der Waals surface area contributed by atoms with E-state index < -0.39 is 30.1 Å². The van der Waals surface area contributed by atoms with E-state index in [-0.39, 0.29) is 24.2 Å². The van der Waals surface area contributed by atoms with Gasteiger partial charge in [0.15, 0.2) is 11.6 Å². The molecule has 4 rings (SSSR count). The summed E-state index contributed by atoms with van der Waals surface area (Å²) >= 11 is 0. The quantitative estimate of drug-likeness (QED) is 0.0745. The Hall–Kier alpha value is -5.81. The summed E-state index contributed by atoms with van der Waals surface area (Å²) in [6.45, 7) is 6.28. The number of benzene rings is 3. The first-order chi connectivity index (χ1) is 23.6. The third-order valence-electron chi connectivity index (χ3n) is 6.27. The Bertz CT molecular complexity index is 1750. The molecule has 11 nitrogen and oxygen atoms in total. The molecule has 4 aromatic rings. The van der Waals surface area contributed by atoms with Crippen LogP contribution in [-0.4, -0.2) is 62.6 Å². The van der Waals surface area contributed by atoms with Crippen molar-refractivity contribution in [2.24, 2.45) is 12.8 Å². The van der Waals surface area contributed by atoms with Crippen LogP contribution in [-0.2, 0) is 23.2 Å². The predicted molar refractivity (Wildman–Crippen MR) is 173 cm³/mol. The summed E-state index contributed by atoms with van der Waals surface area (Å²) in [4.78, 5) is 24.5. The maximum atomic E-state index is 16.0. The fraction of sp³-hybridized carbons (Fsp3) is 0.273. The number of nitrogens with zero attached hydrogens (tertiary/aromatic N) is 3. The topological polar surface area (TPSA) is 164 Å². The summed E-state index contributed by atoms with van der Waals surface area (Å²) in [6, 6.07) is 20.3. The van der Waals surface area contributed by atoms with E-state index in [4.69, 9.17) is 45.4 Å². The highest BCUT2D eigenvalue weighted by Gasteiger charge is 2.39. The summed E-state index contributed by atoms with van der Waals surface area (Å²) < 4.78 is 92.9. The first-order valence-corrected chi connectivity index (χ1v) is 14.7. The second kappa shape index (κ2) is 17.7. The number of rotatable bonds is 10. The van der Waals surface area contributed by atoms with Crippen LogP contribution >= 0.6 is 0 Å². The lowest BCUT2D eigenvalue weighted by molar-refractivity contribution is -0.193. The molecule has 0 amide bonds. The zero-order chi connectivity index (χ0) is 38.7. The molecule has 51 heavy (non-hydrogen) atoms. The van der Waals surface area contributed by atoms with E-state index in [1.807, 2.05) is 85.9 Å². The Morgan fingerprint density at radius 2 is 1.49 bits per heavy atom. The summed E-state index contributed by atoms with van der Waals surface area (Å²) in [5.74, 6) is -4.69. The number of anilines is 2. The lowest BCUT2D eigenvalue weighted by Crippen LogP contribution is -2.21. The van der Waals surface area contributed by atoms with Gasteiger partial charge in [-0.1, -0.05) is 30.3 Å². The van der Waals surface area contributed by atoms with Gasteiger partial charge in [-0.05, 0) is 45.0 Å². The fourth-order valence-electron chi connectivity index (χ4n) is 4.02. The summed E-state index contributed by atoms with van der Waals surface area (Å²) in [6.07, 6.45) is -8.42. The molecular formula is C33H34F7N5O6. The molecule has 0 aliphatic heterocycles. The van der Waals surface area contributed by atoms with Crippen molar-refractivity contribution in [1.29, 1.82) is 5.41 Å². The summed E-state index contributed by atoms with van der Waals surface area (Å²) in [7, 11) is 1.92. The molecule has 3 aromatic carbocycles. The van der Waals surface area contributed by atoms with Crippen molar-refractivity contribution < 1.29 is 60.0 Å². The average Bonchev–Trinajstić information content (AvgIpc) is 3.41. The molecule has 0 aliphatic rings. The molecule has 5 N–H and O–H groups in total. The maximum absolute atomic E-state index is 16.0. The van der Waals surface area contributed by atoms with Gasteiger partial charge in [-0.2, -0.15) is 26.3 Å². The van der Waals surface area contributed by atoms with Crippen molar-refractivity contribution in [2.45, 2.75) is 45.8 Å². The number of nitrogens with two attached hydrogens (primary N) is 1. The monoisotopic (exact) mass is 729 g/mol. The Morgan fingerprint density at radius 3 is 1.94 bits per heavy atom. The van der Waals surface area contributed by atoms with Crippen LogP contribution in [0.2, 0.25) is 0 Å². The van der Waals surface area contributed by atoms with Gasteiger partial charge < -0.3 is 34.9 Å². The van der Waals surface area contributed by atoms with Crippen molar-refractivity contribution in [3.8, 4) is 22.8 Å². The molecule has 1 heterocycles. The number of amidine groups is 1. The van der Waals surface area contributed by atoms with E-state index in [1.165, 1.54) is 0 Å². The largest absolute Gasteiger partial charge is 0.494 e. The molecule has 0 bridgehead atoms. The van der Waals surface area contributed by atoms with Gasteiger partial charge in [-0.25, -0.2) is 19.0 Å². The Kier molecular flexibility index (Phi) is 14.4. The maximum Gasteiger partial charge on any atom is 0.490 e. The normalized spacial score (nSPS) is 11.1. The van der Waals surface area contributed by atoms with Gasteiger partial charge in [0.25, 0.3) is 0 Å². The van der Waals surface area contributed by atoms with Crippen molar-refractivity contribution >= 4 is 29.1 Å². The van der Waals surface area contributed by atoms with E-state index in [1.54, 1.807) is 24.3 Å². The van der Waals surface area contributed by atoms with E-state index in [2.05, 4.69) is 0 Å². The standard InChI is InChI=1S/C29H32FN5O2.2C2HF3O2/c1-5-36-23-15-25(28(30)26(16-23)37-19(2)3)35(22-13-11-21(12-14-22)29(31)32)18-27-33-24(17-34(27)4)20-9-7-6-8-10-20;2*3-2(4,5)1(6)7/h6-17,19H,5,18H2,1-4H3,(H3,31,32);2*(H,6,7). The molecule has 0 spiro atoms. The number of halogens is 7. The van der Waals surface area contributed by atoms with Crippen LogP contribution in [0.25, 0.3) is 11.3 Å². The number of carboxylic acids is 2.